The Labute approximate surface area is 156 Å². The Bertz CT molecular complexity index is 818. The van der Waals surface area contributed by atoms with Gasteiger partial charge in [0.25, 0.3) is 0 Å². The topological polar surface area (TPSA) is 32.3 Å². The molecule has 0 spiro atoms. The van der Waals surface area contributed by atoms with Crippen molar-refractivity contribution in [3.63, 3.8) is 0 Å². The van der Waals surface area contributed by atoms with Crippen LogP contribution in [0.1, 0.15) is 23.7 Å². The van der Waals surface area contributed by atoms with Crippen LogP contribution in [-0.2, 0) is 13.1 Å². The molecule has 0 aliphatic rings. The van der Waals surface area contributed by atoms with E-state index in [1.165, 1.54) is 11.1 Å². The van der Waals surface area contributed by atoms with Crippen molar-refractivity contribution in [2.24, 2.45) is 0 Å². The third kappa shape index (κ3) is 4.60. The fraction of sp³-hybridized carbons (Fsp3) is 0.273. The number of anilines is 2. The van der Waals surface area contributed by atoms with Gasteiger partial charge in [-0.15, -0.1) is 0 Å². The van der Waals surface area contributed by atoms with E-state index in [4.69, 9.17) is 4.98 Å². The van der Waals surface area contributed by atoms with Gasteiger partial charge in [-0.05, 0) is 25.0 Å². The summed E-state index contributed by atoms with van der Waals surface area (Å²) in [4.78, 5) is 13.9. The van der Waals surface area contributed by atoms with Crippen molar-refractivity contribution in [1.29, 1.82) is 0 Å². The first-order chi connectivity index (χ1) is 12.7. The third-order valence-electron chi connectivity index (χ3n) is 4.35. The van der Waals surface area contributed by atoms with Gasteiger partial charge in [-0.3, -0.25) is 0 Å². The van der Waals surface area contributed by atoms with Gasteiger partial charge in [0.15, 0.2) is 0 Å². The van der Waals surface area contributed by atoms with E-state index in [0.29, 0.717) is 0 Å². The van der Waals surface area contributed by atoms with Crippen molar-refractivity contribution in [3.8, 4) is 0 Å². The van der Waals surface area contributed by atoms with E-state index < -0.39 is 0 Å². The van der Waals surface area contributed by atoms with Crippen LogP contribution in [0.5, 0.6) is 0 Å². The molecule has 2 aromatic carbocycles. The first-order valence-electron chi connectivity index (χ1n) is 9.05. The van der Waals surface area contributed by atoms with Crippen molar-refractivity contribution < 1.29 is 0 Å². The van der Waals surface area contributed by atoms with Crippen LogP contribution in [0, 0.1) is 6.92 Å². The number of aromatic nitrogens is 2. The van der Waals surface area contributed by atoms with Gasteiger partial charge in [0.05, 0.1) is 0 Å². The summed E-state index contributed by atoms with van der Waals surface area (Å²) in [6, 6.07) is 23.0. The van der Waals surface area contributed by atoms with Gasteiger partial charge in [-0.25, -0.2) is 4.98 Å². The second kappa shape index (κ2) is 8.48. The molecule has 4 heteroatoms. The van der Waals surface area contributed by atoms with E-state index >= 15 is 0 Å². The van der Waals surface area contributed by atoms with Gasteiger partial charge < -0.3 is 9.80 Å². The molecule has 0 saturated carbocycles. The number of benzene rings is 2. The number of aryl methyl sites for hydroxylation is 1. The van der Waals surface area contributed by atoms with Crippen molar-refractivity contribution >= 4 is 11.8 Å². The molecule has 0 N–H and O–H groups in total. The first-order valence-corrected chi connectivity index (χ1v) is 9.05. The van der Waals surface area contributed by atoms with Gasteiger partial charge in [0.2, 0.25) is 5.95 Å². The lowest BCUT2D eigenvalue weighted by Gasteiger charge is -2.25. The zero-order chi connectivity index (χ0) is 18.4. The van der Waals surface area contributed by atoms with Crippen LogP contribution in [0.4, 0.5) is 11.8 Å². The number of rotatable bonds is 7. The van der Waals surface area contributed by atoms with Crippen molar-refractivity contribution in [1.82, 2.24) is 9.97 Å². The molecule has 0 amide bonds. The molecule has 26 heavy (non-hydrogen) atoms. The van der Waals surface area contributed by atoms with Gasteiger partial charge >= 0.3 is 0 Å². The maximum Gasteiger partial charge on any atom is 0.227 e. The van der Waals surface area contributed by atoms with Crippen LogP contribution < -0.4 is 9.80 Å². The van der Waals surface area contributed by atoms with Crippen LogP contribution >= 0.6 is 0 Å². The maximum atomic E-state index is 4.84. The highest BCUT2D eigenvalue weighted by atomic mass is 15.3. The molecule has 1 aromatic heterocycles. The fourth-order valence-corrected chi connectivity index (χ4v) is 2.96. The minimum atomic E-state index is 0.760. The molecule has 134 valence electrons. The normalized spacial score (nSPS) is 10.6. The summed E-state index contributed by atoms with van der Waals surface area (Å²) in [5, 5.41) is 0. The van der Waals surface area contributed by atoms with Crippen molar-refractivity contribution in [2.75, 3.05) is 23.4 Å². The van der Waals surface area contributed by atoms with E-state index in [9.17, 15) is 0 Å². The minimum absolute atomic E-state index is 0.760. The lowest BCUT2D eigenvalue weighted by molar-refractivity contribution is 0.793. The van der Waals surface area contributed by atoms with E-state index in [1.807, 2.05) is 26.1 Å². The van der Waals surface area contributed by atoms with Crippen LogP contribution in [0.2, 0.25) is 0 Å². The number of nitrogens with zero attached hydrogens (tertiary/aromatic N) is 4. The molecular weight excluding hydrogens is 320 g/mol. The van der Waals surface area contributed by atoms with Crippen molar-refractivity contribution in [2.45, 2.75) is 26.9 Å². The highest BCUT2D eigenvalue weighted by Gasteiger charge is 2.12. The third-order valence-corrected chi connectivity index (χ3v) is 4.35. The molecule has 0 saturated heterocycles. The SMILES string of the molecule is CCN(Cc1ccccc1)c1cc(C)nc(N(C)Cc2ccccc2)n1. The lowest BCUT2D eigenvalue weighted by Crippen LogP contribution is -2.25. The summed E-state index contributed by atoms with van der Waals surface area (Å²) in [6.45, 7) is 6.71. The fourth-order valence-electron chi connectivity index (χ4n) is 2.96. The Morgan fingerprint density at radius 1 is 0.808 bits per heavy atom. The van der Waals surface area contributed by atoms with Crippen LogP contribution in [0.15, 0.2) is 66.7 Å². The van der Waals surface area contributed by atoms with E-state index in [0.717, 1.165) is 37.1 Å². The second-order valence-corrected chi connectivity index (χ2v) is 6.51. The van der Waals surface area contributed by atoms with Gasteiger partial charge in [-0.2, -0.15) is 4.98 Å². The Kier molecular flexibility index (Phi) is 5.84. The first kappa shape index (κ1) is 17.9. The zero-order valence-electron chi connectivity index (χ0n) is 15.8. The monoisotopic (exact) mass is 346 g/mol. The molecular formula is C22H26N4. The van der Waals surface area contributed by atoms with Crippen molar-refractivity contribution in [3.05, 3.63) is 83.6 Å². The Morgan fingerprint density at radius 3 is 1.96 bits per heavy atom. The zero-order valence-corrected chi connectivity index (χ0v) is 15.8. The average Bonchev–Trinajstić information content (AvgIpc) is 2.67. The summed E-state index contributed by atoms with van der Waals surface area (Å²) in [6.07, 6.45) is 0. The van der Waals surface area contributed by atoms with Crippen LogP contribution in [0.3, 0.4) is 0 Å². The van der Waals surface area contributed by atoms with E-state index in [2.05, 4.69) is 76.3 Å². The highest BCUT2D eigenvalue weighted by molar-refractivity contribution is 5.46. The Balaban J connectivity index is 1.81. The predicted molar refractivity (Wildman–Crippen MR) is 108 cm³/mol. The number of hydrogen-bond acceptors (Lipinski definition) is 4. The Morgan fingerprint density at radius 2 is 1.38 bits per heavy atom. The standard InChI is InChI=1S/C22H26N4/c1-4-26(17-20-13-9-6-10-14-20)21-15-18(2)23-22(24-21)25(3)16-19-11-7-5-8-12-19/h5-15H,4,16-17H2,1-3H3. The largest absolute Gasteiger partial charge is 0.352 e. The summed E-state index contributed by atoms with van der Waals surface area (Å²) in [5.41, 5.74) is 3.51. The molecule has 0 bridgehead atoms. The van der Waals surface area contributed by atoms with E-state index in [-0.39, 0.29) is 0 Å². The van der Waals surface area contributed by atoms with Gasteiger partial charge in [0.1, 0.15) is 5.82 Å². The second-order valence-electron chi connectivity index (χ2n) is 6.51. The molecule has 0 unspecified atom stereocenters. The average molecular weight is 346 g/mol. The molecule has 0 atom stereocenters. The molecule has 0 fully saturated rings. The summed E-state index contributed by atoms with van der Waals surface area (Å²) >= 11 is 0. The minimum Gasteiger partial charge on any atom is -0.352 e. The smallest absolute Gasteiger partial charge is 0.227 e. The predicted octanol–water partition coefficient (Wildman–Crippen LogP) is 4.45. The molecule has 3 rings (SSSR count). The molecule has 0 radical (unpaired) electrons. The van der Waals surface area contributed by atoms with Gasteiger partial charge in [-0.1, -0.05) is 60.7 Å². The van der Waals surface area contributed by atoms with Gasteiger partial charge in [0, 0.05) is 38.4 Å². The van der Waals surface area contributed by atoms with Crippen LogP contribution in [0.25, 0.3) is 0 Å². The molecule has 0 aliphatic heterocycles. The molecule has 4 nitrogen and oxygen atoms in total. The van der Waals surface area contributed by atoms with Crippen LogP contribution in [-0.4, -0.2) is 23.6 Å². The Hall–Kier alpha value is -2.88. The summed E-state index contributed by atoms with van der Waals surface area (Å²) in [7, 11) is 2.04. The molecule has 0 aliphatic carbocycles. The molecule has 3 aromatic rings. The molecule has 1 heterocycles. The van der Waals surface area contributed by atoms with E-state index in [1.54, 1.807) is 0 Å². The highest BCUT2D eigenvalue weighted by Crippen LogP contribution is 2.20. The summed E-state index contributed by atoms with van der Waals surface area (Å²) < 4.78 is 0. The number of hydrogen-bond donors (Lipinski definition) is 0. The quantitative estimate of drug-likeness (QED) is 0.633. The maximum absolute atomic E-state index is 4.84. The lowest BCUT2D eigenvalue weighted by atomic mass is 10.2. The summed E-state index contributed by atoms with van der Waals surface area (Å²) in [5.74, 6) is 1.73.